The van der Waals surface area contributed by atoms with Crippen LogP contribution >= 0.6 is 9.24 Å². The normalized spacial score (nSPS) is 13.8. The fraction of sp³-hybridized carbons (Fsp3) is 0.286. The number of imidazole rings is 1. The summed E-state index contributed by atoms with van der Waals surface area (Å²) < 4.78 is 1.93. The molecule has 5 aromatic rings. The summed E-state index contributed by atoms with van der Waals surface area (Å²) in [4.78, 5) is 24.9. The van der Waals surface area contributed by atoms with Gasteiger partial charge in [-0.2, -0.15) is 5.10 Å². The number of aromatic amines is 1. The van der Waals surface area contributed by atoms with Gasteiger partial charge in [0.2, 0.25) is 0 Å². The number of pyridine rings is 1. The molecule has 1 amide bonds. The number of amides is 1. The number of carbonyl (C=O) groups is 1. The average molecular weight is 635 g/mol. The Kier molecular flexibility index (Phi) is 8.58. The first-order chi connectivity index (χ1) is 22.0. The van der Waals surface area contributed by atoms with E-state index in [4.69, 9.17) is 0 Å². The molecular formula is C35H39N8O2P. The molecule has 1 aliphatic rings. The molecule has 46 heavy (non-hydrogen) atoms. The van der Waals surface area contributed by atoms with Crippen LogP contribution in [0.5, 0.6) is 0 Å². The topological polar surface area (TPSA) is 105 Å². The molecule has 1 atom stereocenters. The predicted molar refractivity (Wildman–Crippen MR) is 188 cm³/mol. The van der Waals surface area contributed by atoms with Crippen molar-refractivity contribution in [1.29, 1.82) is 0 Å². The first-order valence-electron chi connectivity index (χ1n) is 15.2. The summed E-state index contributed by atoms with van der Waals surface area (Å²) in [7, 11) is 6.60. The number of piperazine rings is 1. The van der Waals surface area contributed by atoms with Crippen LogP contribution in [0.25, 0.3) is 5.65 Å². The van der Waals surface area contributed by atoms with E-state index in [1.54, 1.807) is 44.4 Å². The van der Waals surface area contributed by atoms with Crippen LogP contribution in [0.2, 0.25) is 0 Å². The van der Waals surface area contributed by atoms with Gasteiger partial charge in [0, 0.05) is 68.1 Å². The van der Waals surface area contributed by atoms with Gasteiger partial charge in [-0.15, -0.1) is 9.24 Å². The number of fused-ring (bicyclic) bond motifs is 1. The van der Waals surface area contributed by atoms with E-state index in [1.807, 2.05) is 60.0 Å². The summed E-state index contributed by atoms with van der Waals surface area (Å²) in [6, 6.07) is 13.7. The number of rotatable bonds is 6. The van der Waals surface area contributed by atoms with E-state index in [0.717, 1.165) is 82.3 Å². The third-order valence-electron chi connectivity index (χ3n) is 8.43. The molecule has 1 saturated heterocycles. The summed E-state index contributed by atoms with van der Waals surface area (Å²) in [5.41, 5.74) is 6.83. The van der Waals surface area contributed by atoms with Crippen LogP contribution < -0.4 is 20.4 Å². The fourth-order valence-corrected chi connectivity index (χ4v) is 6.00. The van der Waals surface area contributed by atoms with E-state index in [9.17, 15) is 9.90 Å². The van der Waals surface area contributed by atoms with E-state index in [1.165, 1.54) is 0 Å². The highest BCUT2D eigenvalue weighted by Crippen LogP contribution is 2.32. The van der Waals surface area contributed by atoms with Crippen LogP contribution in [0.4, 0.5) is 22.7 Å². The Bertz CT molecular complexity index is 1960. The molecule has 0 aliphatic carbocycles. The van der Waals surface area contributed by atoms with E-state index in [-0.39, 0.29) is 5.91 Å². The van der Waals surface area contributed by atoms with Crippen LogP contribution in [-0.2, 0) is 5.60 Å². The van der Waals surface area contributed by atoms with Crippen LogP contribution in [0.1, 0.15) is 46.6 Å². The van der Waals surface area contributed by atoms with Crippen molar-refractivity contribution >= 4 is 48.8 Å². The Morgan fingerprint density at radius 1 is 1.11 bits per heavy atom. The lowest BCUT2D eigenvalue weighted by atomic mass is 9.96. The Hall–Kier alpha value is -4.68. The molecule has 1 aliphatic heterocycles. The number of aryl methyl sites for hydroxylation is 1. The van der Waals surface area contributed by atoms with Gasteiger partial charge in [0.15, 0.2) is 5.65 Å². The Balaban J connectivity index is 1.30. The lowest BCUT2D eigenvalue weighted by Gasteiger charge is -2.35. The monoisotopic (exact) mass is 634 g/mol. The zero-order valence-electron chi connectivity index (χ0n) is 26.8. The second-order valence-corrected chi connectivity index (χ2v) is 12.9. The van der Waals surface area contributed by atoms with E-state index >= 15 is 0 Å². The molecule has 0 radical (unpaired) electrons. The molecule has 0 bridgehead atoms. The number of hydrogen-bond donors (Lipinski definition) is 3. The zero-order valence-corrected chi connectivity index (χ0v) is 28.0. The number of aliphatic hydroxyl groups is 1. The lowest BCUT2D eigenvalue weighted by Crippen LogP contribution is -2.44. The minimum Gasteiger partial charge on any atom is -0.386 e. The smallest absolute Gasteiger partial charge is 0.258 e. The maximum Gasteiger partial charge on any atom is 0.258 e. The third-order valence-corrected chi connectivity index (χ3v) is 8.91. The van der Waals surface area contributed by atoms with Crippen molar-refractivity contribution in [1.82, 2.24) is 24.5 Å². The van der Waals surface area contributed by atoms with Gasteiger partial charge in [-0.25, -0.2) is 4.98 Å². The van der Waals surface area contributed by atoms with Crippen molar-refractivity contribution in [3.05, 3.63) is 95.2 Å². The van der Waals surface area contributed by atoms with E-state index in [0.29, 0.717) is 5.56 Å². The van der Waals surface area contributed by atoms with Gasteiger partial charge >= 0.3 is 0 Å². The second-order valence-electron chi connectivity index (χ2n) is 12.3. The van der Waals surface area contributed by atoms with Gasteiger partial charge in [-0.1, -0.05) is 12.0 Å². The maximum absolute atomic E-state index is 14.1. The van der Waals surface area contributed by atoms with Gasteiger partial charge in [0.25, 0.3) is 5.91 Å². The quantitative estimate of drug-likeness (QED) is 0.189. The summed E-state index contributed by atoms with van der Waals surface area (Å²) in [5.74, 6) is 6.40. The van der Waals surface area contributed by atoms with E-state index in [2.05, 4.69) is 58.4 Å². The highest BCUT2D eigenvalue weighted by atomic mass is 31.0. The van der Waals surface area contributed by atoms with Crippen molar-refractivity contribution in [2.75, 3.05) is 55.4 Å². The maximum atomic E-state index is 14.1. The Labute approximate surface area is 271 Å². The molecular weight excluding hydrogens is 595 g/mol. The molecule has 3 aromatic heterocycles. The molecule has 3 N–H and O–H groups in total. The largest absolute Gasteiger partial charge is 0.386 e. The van der Waals surface area contributed by atoms with Gasteiger partial charge < -0.3 is 25.1 Å². The SMILES string of the molecule is Cc1cc(P)c(C(=O)N(C)c2cc(N3CCN(C)CC3)cc(C(C)(C)O)c2)cc1C#Cc1cnc2c(Nc3cn[nH]c3)cccn12. The first-order valence-corrected chi connectivity index (χ1v) is 15.8. The lowest BCUT2D eigenvalue weighted by molar-refractivity contribution is 0.0785. The predicted octanol–water partition coefficient (Wildman–Crippen LogP) is 4.27. The summed E-state index contributed by atoms with van der Waals surface area (Å²) in [6.45, 7) is 9.21. The van der Waals surface area contributed by atoms with Gasteiger partial charge in [0.1, 0.15) is 5.69 Å². The molecule has 6 rings (SSSR count). The number of H-pyrrole nitrogens is 1. The highest BCUT2D eigenvalue weighted by molar-refractivity contribution is 7.27. The second kappa shape index (κ2) is 12.6. The number of aromatic nitrogens is 4. The van der Waals surface area contributed by atoms with Crippen molar-refractivity contribution in [2.45, 2.75) is 26.4 Å². The standard InChI is InChI=1S/C35H39N8O2P/c1-23-15-32(46)30(16-24(23)8-9-27-22-36-33-31(7-6-10-43(27)33)39-26-20-37-38-21-26)34(44)41(5)28-17-25(35(2,3)45)18-29(19-28)42-13-11-40(4)12-14-42/h6-7,10,15-22,39,45H,11-14,46H2,1-5H3,(H,37,38). The van der Waals surface area contributed by atoms with Crippen molar-refractivity contribution in [2.24, 2.45) is 0 Å². The molecule has 1 fully saturated rings. The van der Waals surface area contributed by atoms with Gasteiger partial charge in [-0.05, 0) is 86.6 Å². The third kappa shape index (κ3) is 6.49. The highest BCUT2D eigenvalue weighted by Gasteiger charge is 2.24. The van der Waals surface area contributed by atoms with Crippen molar-refractivity contribution in [3.8, 4) is 11.8 Å². The zero-order chi connectivity index (χ0) is 32.6. The molecule has 1 unspecified atom stereocenters. The minimum atomic E-state index is -1.06. The van der Waals surface area contributed by atoms with Crippen LogP contribution in [0.3, 0.4) is 0 Å². The van der Waals surface area contributed by atoms with Crippen LogP contribution in [0.15, 0.2) is 67.3 Å². The van der Waals surface area contributed by atoms with Gasteiger partial charge in [-0.3, -0.25) is 14.3 Å². The van der Waals surface area contributed by atoms with Crippen molar-refractivity contribution in [3.63, 3.8) is 0 Å². The molecule has 0 saturated carbocycles. The molecule has 10 nitrogen and oxygen atoms in total. The number of carbonyl (C=O) groups excluding carboxylic acids is 1. The number of likely N-dealkylation sites (N-methyl/N-ethyl adjacent to an activating group) is 1. The first kappa shape index (κ1) is 31.3. The number of hydrogen-bond acceptors (Lipinski definition) is 7. The Morgan fingerprint density at radius 2 is 1.89 bits per heavy atom. The molecule has 4 heterocycles. The van der Waals surface area contributed by atoms with Crippen LogP contribution in [0, 0.1) is 18.8 Å². The minimum absolute atomic E-state index is 0.157. The Morgan fingerprint density at radius 3 is 2.61 bits per heavy atom. The van der Waals surface area contributed by atoms with Crippen LogP contribution in [-0.4, -0.2) is 75.8 Å². The molecule has 0 spiro atoms. The molecule has 11 heteroatoms. The number of anilines is 4. The fourth-order valence-electron chi connectivity index (χ4n) is 5.54. The summed E-state index contributed by atoms with van der Waals surface area (Å²) in [5, 5.41) is 21.8. The molecule has 2 aromatic carbocycles. The van der Waals surface area contributed by atoms with E-state index < -0.39 is 5.60 Å². The summed E-state index contributed by atoms with van der Waals surface area (Å²) in [6.07, 6.45) is 7.15. The van der Waals surface area contributed by atoms with Gasteiger partial charge in [0.05, 0.1) is 29.4 Å². The number of benzene rings is 2. The molecule has 236 valence electrons. The summed E-state index contributed by atoms with van der Waals surface area (Å²) >= 11 is 0. The average Bonchev–Trinajstić information content (AvgIpc) is 3.70. The number of nitrogens with one attached hydrogen (secondary N) is 2. The van der Waals surface area contributed by atoms with Crippen molar-refractivity contribution < 1.29 is 9.90 Å². The number of nitrogens with zero attached hydrogens (tertiary/aromatic N) is 6.